The van der Waals surface area contributed by atoms with Gasteiger partial charge in [0.05, 0.1) is 18.1 Å². The average molecular weight is 436 g/mol. The summed E-state index contributed by atoms with van der Waals surface area (Å²) in [6.45, 7) is 0.860. The maximum absolute atomic E-state index is 13.8. The smallest absolute Gasteiger partial charge is 0.254 e. The summed E-state index contributed by atoms with van der Waals surface area (Å²) in [6, 6.07) is 14.0. The van der Waals surface area contributed by atoms with E-state index in [9.17, 15) is 14.4 Å². The van der Waals surface area contributed by atoms with Crippen LogP contribution in [0, 0.1) is 0 Å². The van der Waals surface area contributed by atoms with Crippen LogP contribution < -0.4 is 11.1 Å². The van der Waals surface area contributed by atoms with E-state index in [4.69, 9.17) is 10.5 Å². The van der Waals surface area contributed by atoms with E-state index in [-0.39, 0.29) is 11.8 Å². The molecule has 1 aliphatic carbocycles. The topological polar surface area (TPSA) is 102 Å². The highest BCUT2D eigenvalue weighted by Gasteiger charge is 2.54. The molecule has 1 saturated carbocycles. The fourth-order valence-corrected chi connectivity index (χ4v) is 5.28. The Morgan fingerprint density at radius 2 is 1.78 bits per heavy atom. The van der Waals surface area contributed by atoms with Crippen LogP contribution >= 0.6 is 0 Å². The third-order valence-corrected chi connectivity index (χ3v) is 6.76. The van der Waals surface area contributed by atoms with E-state index in [1.54, 1.807) is 37.4 Å². The predicted molar refractivity (Wildman–Crippen MR) is 122 cm³/mol. The van der Waals surface area contributed by atoms with E-state index in [1.807, 2.05) is 23.1 Å². The molecule has 0 radical (unpaired) electrons. The van der Waals surface area contributed by atoms with Crippen LogP contribution in [0.2, 0.25) is 0 Å². The van der Waals surface area contributed by atoms with Crippen LogP contribution in [0.25, 0.3) is 0 Å². The third-order valence-electron chi connectivity index (χ3n) is 6.76. The molecule has 0 aromatic heterocycles. The van der Waals surface area contributed by atoms with Gasteiger partial charge in [0.15, 0.2) is 0 Å². The van der Waals surface area contributed by atoms with Gasteiger partial charge in [-0.25, -0.2) is 0 Å². The molecular weight excluding hydrogens is 406 g/mol. The highest BCUT2D eigenvalue weighted by atomic mass is 16.5. The van der Waals surface area contributed by atoms with Crippen molar-refractivity contribution in [2.24, 2.45) is 5.73 Å². The molecule has 0 bridgehead atoms. The van der Waals surface area contributed by atoms with Crippen LogP contribution in [-0.2, 0) is 9.53 Å². The molecule has 4 rings (SSSR count). The molecule has 3 N–H and O–H groups in total. The molecule has 1 spiro atoms. The number of nitrogens with one attached hydrogen (secondary N) is 1. The summed E-state index contributed by atoms with van der Waals surface area (Å²) >= 11 is 0. The first-order valence-electron chi connectivity index (χ1n) is 11.1. The number of amides is 3. The van der Waals surface area contributed by atoms with Crippen molar-refractivity contribution in [3.05, 3.63) is 65.2 Å². The van der Waals surface area contributed by atoms with Gasteiger partial charge in [0, 0.05) is 30.5 Å². The van der Waals surface area contributed by atoms with Crippen molar-refractivity contribution in [3.8, 4) is 0 Å². The second kappa shape index (κ2) is 9.12. The Balaban J connectivity index is 1.75. The summed E-state index contributed by atoms with van der Waals surface area (Å²) in [5.74, 6) is -1.20. The van der Waals surface area contributed by atoms with Gasteiger partial charge in [0.25, 0.3) is 5.91 Å². The second-order valence-electron chi connectivity index (χ2n) is 8.56. The van der Waals surface area contributed by atoms with E-state index in [1.165, 1.54) is 0 Å². The summed E-state index contributed by atoms with van der Waals surface area (Å²) in [5, 5.41) is 3.02. The monoisotopic (exact) mass is 435 g/mol. The number of primary amides is 1. The van der Waals surface area contributed by atoms with E-state index in [0.717, 1.165) is 37.7 Å². The molecule has 2 aromatic carbocycles. The van der Waals surface area contributed by atoms with Gasteiger partial charge in [-0.3, -0.25) is 14.4 Å². The Morgan fingerprint density at radius 3 is 2.44 bits per heavy atom. The number of hydrogen-bond donors (Lipinski definition) is 2. The lowest BCUT2D eigenvalue weighted by atomic mass is 9.65. The molecule has 7 nitrogen and oxygen atoms in total. The van der Waals surface area contributed by atoms with Crippen LogP contribution in [0.1, 0.15) is 64.3 Å². The minimum Gasteiger partial charge on any atom is -0.383 e. The number of nitrogens with two attached hydrogens (primary N) is 1. The first kappa shape index (κ1) is 22.0. The molecule has 3 amide bonds. The summed E-state index contributed by atoms with van der Waals surface area (Å²) < 4.78 is 5.30. The minimum atomic E-state index is -0.584. The van der Waals surface area contributed by atoms with Crippen LogP contribution in [0.5, 0.6) is 0 Å². The Hall–Kier alpha value is -3.19. The molecule has 0 saturated heterocycles. The van der Waals surface area contributed by atoms with Gasteiger partial charge >= 0.3 is 0 Å². The van der Waals surface area contributed by atoms with Crippen LogP contribution in [0.15, 0.2) is 48.5 Å². The number of benzene rings is 2. The standard InChI is InChI=1S/C25H29N3O4/c1-32-16-15-28-24(31)20-8-4-3-7-19(20)21(25(28)13-5-2-6-14-25)23(30)27-18-11-9-17(10-12-18)22(26)29/h3-4,7-12,21H,2,5-6,13-16H2,1H3,(H2,26,29)(H,27,30). The van der Waals surface area contributed by atoms with Gasteiger partial charge in [-0.15, -0.1) is 0 Å². The average Bonchev–Trinajstić information content (AvgIpc) is 2.80. The van der Waals surface area contributed by atoms with E-state index in [0.29, 0.717) is 30.0 Å². The first-order chi connectivity index (χ1) is 15.5. The number of anilines is 1. The molecule has 1 heterocycles. The van der Waals surface area contributed by atoms with Crippen LogP contribution in [0.3, 0.4) is 0 Å². The molecule has 1 unspecified atom stereocenters. The van der Waals surface area contributed by atoms with E-state index < -0.39 is 17.4 Å². The minimum absolute atomic E-state index is 0.0330. The summed E-state index contributed by atoms with van der Waals surface area (Å²) in [6.07, 6.45) is 4.58. The molecule has 1 fully saturated rings. The number of hydrogen-bond acceptors (Lipinski definition) is 4. The molecule has 7 heteroatoms. The number of rotatable bonds is 6. The van der Waals surface area contributed by atoms with Crippen LogP contribution in [0.4, 0.5) is 5.69 Å². The number of methoxy groups -OCH3 is 1. The Morgan fingerprint density at radius 1 is 1.09 bits per heavy atom. The lowest BCUT2D eigenvalue weighted by Gasteiger charge is -2.53. The van der Waals surface area contributed by atoms with E-state index >= 15 is 0 Å². The second-order valence-corrected chi connectivity index (χ2v) is 8.56. The molecule has 2 aromatic rings. The molecule has 1 atom stereocenters. The van der Waals surface area contributed by atoms with Crippen molar-refractivity contribution in [1.29, 1.82) is 0 Å². The lowest BCUT2D eigenvalue weighted by molar-refractivity contribution is -0.122. The Labute approximate surface area is 187 Å². The van der Waals surface area contributed by atoms with Crippen molar-refractivity contribution in [2.45, 2.75) is 43.6 Å². The summed E-state index contributed by atoms with van der Waals surface area (Å²) in [7, 11) is 1.62. The summed E-state index contributed by atoms with van der Waals surface area (Å²) in [4.78, 5) is 40.5. The van der Waals surface area contributed by atoms with Crippen molar-refractivity contribution >= 4 is 23.4 Å². The van der Waals surface area contributed by atoms with Gasteiger partial charge in [-0.05, 0) is 48.7 Å². The predicted octanol–water partition coefficient (Wildman–Crippen LogP) is 3.31. The van der Waals surface area contributed by atoms with Crippen LogP contribution in [-0.4, -0.2) is 48.4 Å². The van der Waals surface area contributed by atoms with Crippen molar-refractivity contribution in [2.75, 3.05) is 25.6 Å². The quantitative estimate of drug-likeness (QED) is 0.727. The van der Waals surface area contributed by atoms with Crippen molar-refractivity contribution < 1.29 is 19.1 Å². The number of carbonyl (C=O) groups excluding carboxylic acids is 3. The highest BCUT2D eigenvalue weighted by molar-refractivity contribution is 6.05. The first-order valence-corrected chi connectivity index (χ1v) is 11.1. The zero-order valence-corrected chi connectivity index (χ0v) is 18.3. The Kier molecular flexibility index (Phi) is 6.28. The maximum Gasteiger partial charge on any atom is 0.254 e. The SMILES string of the molecule is COCCN1C(=O)c2ccccc2C(C(=O)Nc2ccc(C(N)=O)cc2)C12CCCCC2. The molecular formula is C25H29N3O4. The van der Waals surface area contributed by atoms with Gasteiger partial charge in [-0.2, -0.15) is 0 Å². The fraction of sp³-hybridized carbons (Fsp3) is 0.400. The summed E-state index contributed by atoms with van der Waals surface area (Å²) in [5.41, 5.74) is 7.06. The Bertz CT molecular complexity index is 1010. The highest BCUT2D eigenvalue weighted by Crippen LogP contribution is 2.49. The lowest BCUT2D eigenvalue weighted by Crippen LogP contribution is -2.62. The van der Waals surface area contributed by atoms with Gasteiger partial charge in [-0.1, -0.05) is 37.5 Å². The number of nitrogens with zero attached hydrogens (tertiary/aromatic N) is 1. The molecule has 1 aliphatic heterocycles. The number of fused-ring (bicyclic) bond motifs is 1. The van der Waals surface area contributed by atoms with Gasteiger partial charge < -0.3 is 20.7 Å². The molecule has 168 valence electrons. The van der Waals surface area contributed by atoms with Crippen molar-refractivity contribution in [3.63, 3.8) is 0 Å². The van der Waals surface area contributed by atoms with E-state index in [2.05, 4.69) is 5.32 Å². The van der Waals surface area contributed by atoms with Gasteiger partial charge in [0.2, 0.25) is 11.8 Å². The van der Waals surface area contributed by atoms with Crippen molar-refractivity contribution in [1.82, 2.24) is 4.90 Å². The fourth-order valence-electron chi connectivity index (χ4n) is 5.28. The normalized spacial score (nSPS) is 19.5. The number of ether oxygens (including phenoxy) is 1. The third kappa shape index (κ3) is 3.88. The zero-order chi connectivity index (χ0) is 22.7. The maximum atomic E-state index is 13.8. The molecule has 32 heavy (non-hydrogen) atoms. The van der Waals surface area contributed by atoms with Gasteiger partial charge in [0.1, 0.15) is 0 Å². The number of carbonyl (C=O) groups is 3. The molecule has 2 aliphatic rings. The zero-order valence-electron chi connectivity index (χ0n) is 18.3. The largest absolute Gasteiger partial charge is 0.383 e.